The van der Waals surface area contributed by atoms with Crippen LogP contribution < -0.4 is 5.14 Å². The molecular weight excluding hydrogens is 385 g/mol. The molecule has 0 heterocycles. The first-order valence-corrected chi connectivity index (χ1v) is 9.30. The van der Waals surface area contributed by atoms with E-state index >= 15 is 0 Å². The third kappa shape index (κ3) is 4.34. The quantitative estimate of drug-likeness (QED) is 0.540. The van der Waals surface area contributed by atoms with E-state index in [1.54, 1.807) is 13.8 Å². The van der Waals surface area contributed by atoms with Crippen molar-refractivity contribution < 1.29 is 26.2 Å². The van der Waals surface area contributed by atoms with E-state index in [1.807, 2.05) is 0 Å². The topological polar surface area (TPSA) is 43.1 Å². The molecule has 1 saturated carbocycles. The van der Waals surface area contributed by atoms with Gasteiger partial charge in [0.05, 0.1) is 21.7 Å². The van der Waals surface area contributed by atoms with E-state index in [-0.39, 0.29) is 24.8 Å². The first kappa shape index (κ1) is 20.6. The molecule has 0 spiro atoms. The van der Waals surface area contributed by atoms with Gasteiger partial charge in [0.15, 0.2) is 0 Å². The molecule has 2 rings (SSSR count). The molecule has 25 heavy (non-hydrogen) atoms. The number of nitrogens with two attached hydrogens (primary N) is 1. The number of halogens is 6. The first-order chi connectivity index (χ1) is 11.3. The molecule has 1 aromatic rings. The van der Waals surface area contributed by atoms with E-state index in [1.165, 1.54) is 6.07 Å². The number of hydrogen-bond donors (Lipinski definition) is 1. The summed E-state index contributed by atoms with van der Waals surface area (Å²) < 4.78 is 77.0. The van der Waals surface area contributed by atoms with Crippen LogP contribution in [0, 0.1) is 23.5 Å². The van der Waals surface area contributed by atoms with Gasteiger partial charge in [-0.3, -0.25) is 5.14 Å². The second-order valence-corrected chi connectivity index (χ2v) is 9.18. The molecule has 2 N–H and O–H groups in total. The predicted octanol–water partition coefficient (Wildman–Crippen LogP) is 5.08. The Balaban J connectivity index is 2.35. The normalized spacial score (nSPS) is 23.9. The van der Waals surface area contributed by atoms with Crippen LogP contribution in [0.3, 0.4) is 0 Å². The standard InChI is InChI=1S/C16H19ClF5NOS/c1-15(2,25(23)24)7-11(8-5-9(6-8)16(20,21)22)10-3-4-12(18)13(17)14(10)19/h3-4,8-9,11H,5-7,23H2,1-2H3/t8?,9?,11-,25?/m0/s1. The van der Waals surface area contributed by atoms with Gasteiger partial charge in [0, 0.05) is 0 Å². The third-order valence-corrected chi connectivity index (χ3v) is 6.53. The lowest BCUT2D eigenvalue weighted by molar-refractivity contribution is -0.206. The van der Waals surface area contributed by atoms with Crippen molar-refractivity contribution in [2.24, 2.45) is 17.0 Å². The zero-order valence-electron chi connectivity index (χ0n) is 13.7. The Bertz CT molecular complexity index is 673. The van der Waals surface area contributed by atoms with Crippen molar-refractivity contribution in [3.05, 3.63) is 34.4 Å². The molecule has 9 heteroatoms. The van der Waals surface area contributed by atoms with E-state index < -0.39 is 56.3 Å². The van der Waals surface area contributed by atoms with Gasteiger partial charge in [0.2, 0.25) is 0 Å². The highest BCUT2D eigenvalue weighted by molar-refractivity contribution is 7.84. The minimum atomic E-state index is -4.30. The van der Waals surface area contributed by atoms with Gasteiger partial charge in [-0.25, -0.2) is 13.0 Å². The molecule has 0 radical (unpaired) electrons. The zero-order chi connectivity index (χ0) is 19.2. The molecule has 142 valence electrons. The molecular formula is C16H19ClF5NOS. The van der Waals surface area contributed by atoms with Crippen LogP contribution in [0.1, 0.15) is 44.6 Å². The minimum Gasteiger partial charge on any atom is -0.251 e. The van der Waals surface area contributed by atoms with Crippen LogP contribution in [0.4, 0.5) is 22.0 Å². The lowest BCUT2D eigenvalue weighted by atomic mass is 9.64. The number of hydrogen-bond acceptors (Lipinski definition) is 1. The summed E-state index contributed by atoms with van der Waals surface area (Å²) in [5.74, 6) is -4.51. The number of rotatable bonds is 5. The van der Waals surface area contributed by atoms with Gasteiger partial charge >= 0.3 is 6.18 Å². The molecule has 1 unspecified atom stereocenters. The lowest BCUT2D eigenvalue weighted by Crippen LogP contribution is -2.42. The maximum Gasteiger partial charge on any atom is 0.391 e. The molecule has 0 bridgehead atoms. The summed E-state index contributed by atoms with van der Waals surface area (Å²) >= 11 is 5.61. The molecule has 1 aromatic carbocycles. The fourth-order valence-corrected chi connectivity index (χ4v) is 3.74. The van der Waals surface area contributed by atoms with Crippen molar-refractivity contribution in [2.45, 2.75) is 50.0 Å². The van der Waals surface area contributed by atoms with Crippen LogP contribution in [0.25, 0.3) is 0 Å². The Morgan fingerprint density at radius 3 is 2.32 bits per heavy atom. The van der Waals surface area contributed by atoms with E-state index in [9.17, 15) is 26.2 Å². The SMILES string of the molecule is CC(C)(C[C@H](c1ccc(F)c(Cl)c1F)C1CC(C(F)(F)F)C1)S(N)=O. The van der Waals surface area contributed by atoms with Crippen molar-refractivity contribution in [3.63, 3.8) is 0 Å². The summed E-state index contributed by atoms with van der Waals surface area (Å²) in [4.78, 5) is 0. The van der Waals surface area contributed by atoms with Gasteiger partial charge in [-0.15, -0.1) is 0 Å². The van der Waals surface area contributed by atoms with Crippen molar-refractivity contribution in [1.29, 1.82) is 0 Å². The molecule has 0 saturated heterocycles. The average Bonchev–Trinajstić information content (AvgIpc) is 2.40. The van der Waals surface area contributed by atoms with Crippen molar-refractivity contribution in [1.82, 2.24) is 0 Å². The van der Waals surface area contributed by atoms with Gasteiger partial charge in [-0.2, -0.15) is 13.2 Å². The zero-order valence-corrected chi connectivity index (χ0v) is 15.2. The summed E-state index contributed by atoms with van der Waals surface area (Å²) in [5, 5.41) is 4.76. The van der Waals surface area contributed by atoms with E-state index in [2.05, 4.69) is 0 Å². The van der Waals surface area contributed by atoms with E-state index in [4.69, 9.17) is 16.7 Å². The van der Waals surface area contributed by atoms with Crippen LogP contribution in [-0.4, -0.2) is 15.1 Å². The average molecular weight is 404 g/mol. The highest BCUT2D eigenvalue weighted by Crippen LogP contribution is 2.53. The third-order valence-electron chi connectivity index (χ3n) is 4.93. The summed E-state index contributed by atoms with van der Waals surface area (Å²) in [7, 11) is -1.76. The van der Waals surface area contributed by atoms with E-state index in [0.29, 0.717) is 0 Å². The maximum absolute atomic E-state index is 14.4. The van der Waals surface area contributed by atoms with E-state index in [0.717, 1.165) is 6.07 Å². The highest BCUT2D eigenvalue weighted by Gasteiger charge is 2.51. The lowest BCUT2D eigenvalue weighted by Gasteiger charge is -2.43. The number of benzene rings is 1. The largest absolute Gasteiger partial charge is 0.391 e. The van der Waals surface area contributed by atoms with Crippen LogP contribution in [0.15, 0.2) is 12.1 Å². The monoisotopic (exact) mass is 403 g/mol. The highest BCUT2D eigenvalue weighted by atomic mass is 35.5. The Morgan fingerprint density at radius 2 is 1.84 bits per heavy atom. The van der Waals surface area contributed by atoms with Crippen molar-refractivity contribution in [3.8, 4) is 0 Å². The Morgan fingerprint density at radius 1 is 1.28 bits per heavy atom. The van der Waals surface area contributed by atoms with Crippen molar-refractivity contribution in [2.75, 3.05) is 0 Å². The Kier molecular flexibility index (Phi) is 5.86. The van der Waals surface area contributed by atoms with Gasteiger partial charge < -0.3 is 0 Å². The smallest absolute Gasteiger partial charge is 0.251 e. The molecule has 1 fully saturated rings. The molecule has 2 nitrogen and oxygen atoms in total. The second-order valence-electron chi connectivity index (χ2n) is 7.10. The molecule has 0 aliphatic heterocycles. The Hall–Kier alpha value is -0.730. The number of alkyl halides is 3. The van der Waals surface area contributed by atoms with Gasteiger partial charge in [0.25, 0.3) is 0 Å². The van der Waals surface area contributed by atoms with Crippen molar-refractivity contribution >= 4 is 22.6 Å². The maximum atomic E-state index is 14.4. The van der Waals surface area contributed by atoms with Gasteiger partial charge in [-0.05, 0) is 56.6 Å². The summed E-state index contributed by atoms with van der Waals surface area (Å²) in [6, 6.07) is 2.18. The molecule has 2 atom stereocenters. The van der Waals surface area contributed by atoms with Crippen LogP contribution in [0.5, 0.6) is 0 Å². The van der Waals surface area contributed by atoms with Gasteiger partial charge in [-0.1, -0.05) is 17.7 Å². The first-order valence-electron chi connectivity index (χ1n) is 7.71. The van der Waals surface area contributed by atoms with Crippen LogP contribution in [0.2, 0.25) is 5.02 Å². The molecule has 1 aliphatic carbocycles. The molecule has 0 amide bonds. The minimum absolute atomic E-state index is 0.0375. The molecule has 1 aliphatic rings. The molecule has 0 aromatic heterocycles. The summed E-state index contributed by atoms with van der Waals surface area (Å²) in [5.41, 5.74) is 0.0375. The van der Waals surface area contributed by atoms with Crippen LogP contribution in [-0.2, 0) is 11.0 Å². The Labute approximate surface area is 150 Å². The summed E-state index contributed by atoms with van der Waals surface area (Å²) in [6.45, 7) is 3.19. The van der Waals surface area contributed by atoms with Gasteiger partial charge in [0.1, 0.15) is 16.7 Å². The fraction of sp³-hybridized carbons (Fsp3) is 0.625. The fourth-order valence-electron chi connectivity index (χ4n) is 3.23. The predicted molar refractivity (Wildman–Crippen MR) is 87.4 cm³/mol. The second kappa shape index (κ2) is 7.12. The van der Waals surface area contributed by atoms with Crippen LogP contribution >= 0.6 is 11.6 Å². The summed E-state index contributed by atoms with van der Waals surface area (Å²) in [6.07, 6.45) is -4.51.